The topological polar surface area (TPSA) is 108 Å². The number of carbonyl (C=O) groups is 1. The zero-order chi connectivity index (χ0) is 23.6. The van der Waals surface area contributed by atoms with Crippen molar-refractivity contribution >= 4 is 6.09 Å². The number of ether oxygens (including phenoxy) is 2. The number of hydrogen-bond donors (Lipinski definition) is 2. The van der Waals surface area contributed by atoms with Crippen LogP contribution in [0, 0.1) is 11.3 Å². The number of nitrogens with zero attached hydrogens (tertiary/aromatic N) is 3. The standard InChI is InChI=1S/C21H20F3N3O5/c1-4-31-18(30)26-9-19(2)14-15(20(3,10-26)32-19)17(29)27(16(14)28)12-6-5-11(8-25)13(7-12)21(22,23)24/h5-7,28-29H,4,9-10H2,1-3H3. The van der Waals surface area contributed by atoms with E-state index in [1.807, 2.05) is 0 Å². The first-order valence-electron chi connectivity index (χ1n) is 9.77. The molecular weight excluding hydrogens is 431 g/mol. The van der Waals surface area contributed by atoms with Gasteiger partial charge < -0.3 is 24.6 Å². The predicted octanol–water partition coefficient (Wildman–Crippen LogP) is 3.71. The van der Waals surface area contributed by atoms with Crippen LogP contribution in [-0.2, 0) is 26.9 Å². The lowest BCUT2D eigenvalue weighted by Crippen LogP contribution is -2.53. The van der Waals surface area contributed by atoms with Gasteiger partial charge in [-0.15, -0.1) is 0 Å². The Hall–Kier alpha value is -3.39. The van der Waals surface area contributed by atoms with Crippen molar-refractivity contribution in [2.24, 2.45) is 0 Å². The SMILES string of the molecule is CCOC(=O)N1CC2(C)OC(C)(C1)c1c2c(O)n(-c2ccc(C#N)c(C(F)(F)F)c2)c1O. The second-order valence-electron chi connectivity index (χ2n) is 8.19. The van der Waals surface area contributed by atoms with Crippen LogP contribution in [0.4, 0.5) is 18.0 Å². The molecule has 4 rings (SSSR count). The van der Waals surface area contributed by atoms with Gasteiger partial charge in [0.25, 0.3) is 0 Å². The zero-order valence-electron chi connectivity index (χ0n) is 17.4. The second kappa shape index (κ2) is 6.80. The van der Waals surface area contributed by atoms with Gasteiger partial charge >= 0.3 is 12.3 Å². The van der Waals surface area contributed by atoms with Crippen LogP contribution in [0.5, 0.6) is 11.8 Å². The van der Waals surface area contributed by atoms with Crippen molar-refractivity contribution in [3.63, 3.8) is 0 Å². The van der Waals surface area contributed by atoms with Gasteiger partial charge in [-0.1, -0.05) is 0 Å². The molecule has 0 spiro atoms. The first-order chi connectivity index (χ1) is 14.9. The summed E-state index contributed by atoms with van der Waals surface area (Å²) in [5.74, 6) is -1.01. The van der Waals surface area contributed by atoms with Gasteiger partial charge in [-0.2, -0.15) is 18.4 Å². The van der Waals surface area contributed by atoms with Crippen molar-refractivity contribution in [1.82, 2.24) is 9.47 Å². The first kappa shape index (κ1) is 21.8. The molecule has 2 atom stereocenters. The van der Waals surface area contributed by atoms with Crippen LogP contribution in [0.15, 0.2) is 18.2 Å². The maximum Gasteiger partial charge on any atom is 0.417 e. The molecule has 1 aromatic carbocycles. The molecular formula is C21H20F3N3O5. The summed E-state index contributed by atoms with van der Waals surface area (Å²) in [5.41, 5.74) is -4.04. The normalized spacial score (nSPS) is 24.2. The van der Waals surface area contributed by atoms with E-state index in [9.17, 15) is 28.2 Å². The number of fused-ring (bicyclic) bond motifs is 5. The fourth-order valence-corrected chi connectivity index (χ4v) is 4.75. The number of aromatic nitrogens is 1. The molecule has 0 aliphatic carbocycles. The molecule has 1 saturated heterocycles. The Morgan fingerprint density at radius 3 is 2.25 bits per heavy atom. The summed E-state index contributed by atoms with van der Waals surface area (Å²) in [6.07, 6.45) is -5.38. The Morgan fingerprint density at radius 1 is 1.22 bits per heavy atom. The van der Waals surface area contributed by atoms with Crippen LogP contribution in [0.2, 0.25) is 0 Å². The number of carbonyl (C=O) groups excluding carboxylic acids is 1. The molecule has 8 nitrogen and oxygen atoms in total. The summed E-state index contributed by atoms with van der Waals surface area (Å²) in [6, 6.07) is 4.37. The van der Waals surface area contributed by atoms with E-state index in [0.29, 0.717) is 6.07 Å². The highest BCUT2D eigenvalue weighted by Crippen LogP contribution is 2.59. The lowest BCUT2D eigenvalue weighted by molar-refractivity contribution is -0.180. The Bertz CT molecular complexity index is 1130. The van der Waals surface area contributed by atoms with E-state index < -0.39 is 46.4 Å². The lowest BCUT2D eigenvalue weighted by Gasteiger charge is -2.43. The minimum absolute atomic E-state index is 0.00656. The van der Waals surface area contributed by atoms with E-state index in [1.165, 1.54) is 17.0 Å². The Kier molecular flexibility index (Phi) is 4.64. The molecule has 0 saturated carbocycles. The van der Waals surface area contributed by atoms with Crippen LogP contribution in [-0.4, -0.2) is 45.5 Å². The van der Waals surface area contributed by atoms with Crippen molar-refractivity contribution in [2.75, 3.05) is 19.7 Å². The highest BCUT2D eigenvalue weighted by Gasteiger charge is 2.60. The van der Waals surface area contributed by atoms with E-state index in [1.54, 1.807) is 20.8 Å². The largest absolute Gasteiger partial charge is 0.494 e. The van der Waals surface area contributed by atoms with Gasteiger partial charge in [-0.3, -0.25) is 4.57 Å². The Balaban J connectivity index is 1.87. The molecule has 1 fully saturated rings. The lowest BCUT2D eigenvalue weighted by atomic mass is 9.94. The molecule has 0 radical (unpaired) electrons. The number of morpholine rings is 1. The Labute approximate surface area is 181 Å². The van der Waals surface area contributed by atoms with Crippen LogP contribution in [0.3, 0.4) is 0 Å². The summed E-state index contributed by atoms with van der Waals surface area (Å²) in [4.78, 5) is 13.7. The summed E-state index contributed by atoms with van der Waals surface area (Å²) in [6.45, 7) is 5.08. The fraction of sp³-hybridized carbons (Fsp3) is 0.429. The smallest absolute Gasteiger partial charge is 0.417 e. The van der Waals surface area contributed by atoms with Crippen LogP contribution in [0.25, 0.3) is 5.69 Å². The average Bonchev–Trinajstić information content (AvgIpc) is 3.07. The maximum atomic E-state index is 13.4. The van der Waals surface area contributed by atoms with Crippen LogP contribution >= 0.6 is 0 Å². The van der Waals surface area contributed by atoms with Gasteiger partial charge in [0.2, 0.25) is 11.8 Å². The highest BCUT2D eigenvalue weighted by molar-refractivity contribution is 5.70. The first-order valence-corrected chi connectivity index (χ1v) is 9.77. The van der Waals surface area contributed by atoms with Crippen molar-refractivity contribution in [2.45, 2.75) is 38.1 Å². The summed E-state index contributed by atoms with van der Waals surface area (Å²) >= 11 is 0. The summed E-state index contributed by atoms with van der Waals surface area (Å²) in [7, 11) is 0. The van der Waals surface area contributed by atoms with E-state index >= 15 is 0 Å². The van der Waals surface area contributed by atoms with E-state index in [2.05, 4.69) is 0 Å². The van der Waals surface area contributed by atoms with E-state index in [-0.39, 0.29) is 36.5 Å². The third-order valence-corrected chi connectivity index (χ3v) is 5.83. The number of aromatic hydroxyl groups is 2. The number of rotatable bonds is 2. The maximum absolute atomic E-state index is 13.4. The molecule has 32 heavy (non-hydrogen) atoms. The third-order valence-electron chi connectivity index (χ3n) is 5.83. The second-order valence-corrected chi connectivity index (χ2v) is 8.19. The number of benzene rings is 1. The molecule has 3 heterocycles. The zero-order valence-corrected chi connectivity index (χ0v) is 17.4. The van der Waals surface area contributed by atoms with Crippen molar-refractivity contribution in [3.8, 4) is 23.5 Å². The average molecular weight is 451 g/mol. The molecule has 2 aliphatic heterocycles. The van der Waals surface area contributed by atoms with Crippen molar-refractivity contribution < 1.29 is 37.7 Å². The quantitative estimate of drug-likeness (QED) is 0.721. The number of nitriles is 1. The number of hydrogen-bond acceptors (Lipinski definition) is 6. The van der Waals surface area contributed by atoms with Gasteiger partial charge in [0.15, 0.2) is 0 Å². The number of alkyl halides is 3. The third kappa shape index (κ3) is 2.97. The van der Waals surface area contributed by atoms with Gasteiger partial charge in [0.1, 0.15) is 11.2 Å². The molecule has 170 valence electrons. The van der Waals surface area contributed by atoms with Crippen molar-refractivity contribution in [3.05, 3.63) is 40.5 Å². The fourth-order valence-electron chi connectivity index (χ4n) is 4.75. The number of amides is 1. The monoisotopic (exact) mass is 451 g/mol. The van der Waals surface area contributed by atoms with Crippen LogP contribution < -0.4 is 0 Å². The van der Waals surface area contributed by atoms with E-state index in [4.69, 9.17) is 14.7 Å². The summed E-state index contributed by atoms with van der Waals surface area (Å²) in [5, 5.41) is 31.0. The minimum atomic E-state index is -4.81. The summed E-state index contributed by atoms with van der Waals surface area (Å²) < 4.78 is 52.3. The van der Waals surface area contributed by atoms with E-state index in [0.717, 1.165) is 10.6 Å². The van der Waals surface area contributed by atoms with Gasteiger partial charge in [0, 0.05) is 0 Å². The molecule has 2 bridgehead atoms. The Morgan fingerprint density at radius 2 is 1.78 bits per heavy atom. The number of halogens is 3. The minimum Gasteiger partial charge on any atom is -0.494 e. The van der Waals surface area contributed by atoms with Gasteiger partial charge in [-0.25, -0.2) is 4.79 Å². The molecule has 2 unspecified atom stereocenters. The predicted molar refractivity (Wildman–Crippen MR) is 103 cm³/mol. The molecule has 2 aliphatic rings. The molecule has 11 heteroatoms. The van der Waals surface area contributed by atoms with Gasteiger partial charge in [0.05, 0.1) is 53.7 Å². The highest BCUT2D eigenvalue weighted by atomic mass is 19.4. The molecule has 2 N–H and O–H groups in total. The van der Waals surface area contributed by atoms with Crippen molar-refractivity contribution in [1.29, 1.82) is 5.26 Å². The molecule has 2 aromatic rings. The van der Waals surface area contributed by atoms with Gasteiger partial charge in [-0.05, 0) is 39.0 Å². The van der Waals surface area contributed by atoms with Crippen LogP contribution in [0.1, 0.15) is 43.0 Å². The molecule has 1 aromatic heterocycles. The molecule has 1 amide bonds.